The summed E-state index contributed by atoms with van der Waals surface area (Å²) in [5.41, 5.74) is 0.582. The van der Waals surface area contributed by atoms with Crippen LogP contribution in [0.3, 0.4) is 0 Å². The van der Waals surface area contributed by atoms with E-state index in [2.05, 4.69) is 10.4 Å². The first kappa shape index (κ1) is 14.7. The van der Waals surface area contributed by atoms with Gasteiger partial charge in [0, 0.05) is 31.3 Å². The maximum absolute atomic E-state index is 10.7. The third kappa shape index (κ3) is 4.12. The van der Waals surface area contributed by atoms with Gasteiger partial charge in [-0.1, -0.05) is 0 Å². The fourth-order valence-electron chi connectivity index (χ4n) is 1.56. The van der Waals surface area contributed by atoms with Gasteiger partial charge in [-0.2, -0.15) is 5.10 Å². The van der Waals surface area contributed by atoms with Crippen molar-refractivity contribution in [3.8, 4) is 0 Å². The van der Waals surface area contributed by atoms with Crippen LogP contribution in [0.25, 0.3) is 0 Å². The van der Waals surface area contributed by atoms with E-state index >= 15 is 0 Å². The van der Waals surface area contributed by atoms with Crippen molar-refractivity contribution >= 4 is 5.91 Å². The van der Waals surface area contributed by atoms with Gasteiger partial charge in [-0.15, -0.1) is 0 Å². The van der Waals surface area contributed by atoms with Gasteiger partial charge in [0.2, 0.25) is 5.91 Å². The van der Waals surface area contributed by atoms with E-state index in [1.54, 1.807) is 17.1 Å². The molecule has 1 aromatic rings. The fourth-order valence-corrected chi connectivity index (χ4v) is 1.56. The van der Waals surface area contributed by atoms with Crippen molar-refractivity contribution in [3.63, 3.8) is 0 Å². The third-order valence-electron chi connectivity index (χ3n) is 2.67. The van der Waals surface area contributed by atoms with Crippen LogP contribution in [0.2, 0.25) is 0 Å². The minimum Gasteiger partial charge on any atom is -0.390 e. The minimum absolute atomic E-state index is 0.149. The van der Waals surface area contributed by atoms with Crippen molar-refractivity contribution in [2.45, 2.75) is 45.4 Å². The highest BCUT2D eigenvalue weighted by Gasteiger charge is 2.20. The molecule has 0 radical (unpaired) electrons. The Bertz CT molecular complexity index is 390. The molecule has 6 nitrogen and oxygen atoms in total. The van der Waals surface area contributed by atoms with E-state index in [1.165, 1.54) is 6.92 Å². The van der Waals surface area contributed by atoms with Crippen molar-refractivity contribution in [1.29, 1.82) is 0 Å². The van der Waals surface area contributed by atoms with Gasteiger partial charge in [-0.05, 0) is 20.3 Å². The molecule has 102 valence electrons. The summed E-state index contributed by atoms with van der Waals surface area (Å²) in [4.78, 5) is 10.7. The number of aliphatic hydroxyl groups is 2. The second-order valence-electron chi connectivity index (χ2n) is 4.63. The van der Waals surface area contributed by atoms with Gasteiger partial charge in [0.1, 0.15) is 6.10 Å². The average molecular weight is 255 g/mol. The smallest absolute Gasteiger partial charge is 0.216 e. The van der Waals surface area contributed by atoms with Gasteiger partial charge in [0.25, 0.3) is 0 Å². The largest absolute Gasteiger partial charge is 0.390 e. The molecular formula is C12H21N3O3. The summed E-state index contributed by atoms with van der Waals surface area (Å²) in [5, 5.41) is 26.4. The molecule has 0 saturated carbocycles. The zero-order valence-corrected chi connectivity index (χ0v) is 11.0. The fraction of sp³-hybridized carbons (Fsp3) is 0.667. The first-order valence-electron chi connectivity index (χ1n) is 6.06. The Hall–Kier alpha value is -1.40. The standard InChI is InChI=1S/C12H21N3O3/c1-8(2)15-7-10(6-14-15)12(18)11(17)4-5-13-9(3)16/h6-8,11-12,17-18H,4-5H2,1-3H3,(H,13,16). The number of carbonyl (C=O) groups excluding carboxylic acids is 1. The Morgan fingerprint density at radius 3 is 2.67 bits per heavy atom. The van der Waals surface area contributed by atoms with Crippen LogP contribution in [0.5, 0.6) is 0 Å². The molecule has 1 rings (SSSR count). The van der Waals surface area contributed by atoms with E-state index in [0.29, 0.717) is 18.5 Å². The number of hydrogen-bond donors (Lipinski definition) is 3. The SMILES string of the molecule is CC(=O)NCCC(O)C(O)c1cnn(C(C)C)c1. The highest BCUT2D eigenvalue weighted by Crippen LogP contribution is 2.19. The van der Waals surface area contributed by atoms with E-state index in [9.17, 15) is 15.0 Å². The molecule has 0 aromatic carbocycles. The molecular weight excluding hydrogens is 234 g/mol. The average Bonchev–Trinajstić information content (AvgIpc) is 2.76. The molecule has 0 aliphatic heterocycles. The second kappa shape index (κ2) is 6.51. The van der Waals surface area contributed by atoms with Crippen LogP contribution >= 0.6 is 0 Å². The number of amides is 1. The third-order valence-corrected chi connectivity index (χ3v) is 2.67. The topological polar surface area (TPSA) is 87.4 Å². The monoisotopic (exact) mass is 255 g/mol. The van der Waals surface area contributed by atoms with Gasteiger partial charge >= 0.3 is 0 Å². The molecule has 18 heavy (non-hydrogen) atoms. The Morgan fingerprint density at radius 2 is 2.17 bits per heavy atom. The minimum atomic E-state index is -0.980. The zero-order chi connectivity index (χ0) is 13.7. The number of nitrogens with one attached hydrogen (secondary N) is 1. The highest BCUT2D eigenvalue weighted by atomic mass is 16.3. The van der Waals surface area contributed by atoms with Crippen LogP contribution in [0.1, 0.15) is 44.9 Å². The van der Waals surface area contributed by atoms with Crippen molar-refractivity contribution in [3.05, 3.63) is 18.0 Å². The molecule has 0 spiro atoms. The van der Waals surface area contributed by atoms with Crippen molar-refractivity contribution in [1.82, 2.24) is 15.1 Å². The number of aromatic nitrogens is 2. The quantitative estimate of drug-likeness (QED) is 0.686. The van der Waals surface area contributed by atoms with E-state index in [-0.39, 0.29) is 11.9 Å². The Labute approximate surface area is 107 Å². The number of carbonyl (C=O) groups is 1. The Balaban J connectivity index is 2.51. The maximum Gasteiger partial charge on any atom is 0.216 e. The van der Waals surface area contributed by atoms with Gasteiger partial charge in [0.15, 0.2) is 0 Å². The molecule has 0 saturated heterocycles. The van der Waals surface area contributed by atoms with Crippen LogP contribution in [-0.2, 0) is 4.79 Å². The predicted molar refractivity (Wildman–Crippen MR) is 66.9 cm³/mol. The van der Waals surface area contributed by atoms with Crippen molar-refractivity contribution in [2.75, 3.05) is 6.54 Å². The first-order valence-corrected chi connectivity index (χ1v) is 6.06. The summed E-state index contributed by atoms with van der Waals surface area (Å²) in [6, 6.07) is 0.211. The van der Waals surface area contributed by atoms with Crippen LogP contribution < -0.4 is 5.32 Å². The molecule has 0 aliphatic carbocycles. The summed E-state index contributed by atoms with van der Waals surface area (Å²) in [5.74, 6) is -0.149. The molecule has 2 atom stereocenters. The van der Waals surface area contributed by atoms with Crippen molar-refractivity contribution < 1.29 is 15.0 Å². The number of hydrogen-bond acceptors (Lipinski definition) is 4. The lowest BCUT2D eigenvalue weighted by atomic mass is 10.1. The zero-order valence-electron chi connectivity index (χ0n) is 11.0. The van der Waals surface area contributed by atoms with E-state index < -0.39 is 12.2 Å². The number of aliphatic hydroxyl groups excluding tert-OH is 2. The van der Waals surface area contributed by atoms with Gasteiger partial charge < -0.3 is 15.5 Å². The van der Waals surface area contributed by atoms with E-state index in [4.69, 9.17) is 0 Å². The van der Waals surface area contributed by atoms with Crippen LogP contribution in [0, 0.1) is 0 Å². The lowest BCUT2D eigenvalue weighted by Gasteiger charge is -2.16. The predicted octanol–water partition coefficient (Wildman–Crippen LogP) is 0.384. The molecule has 0 bridgehead atoms. The summed E-state index contributed by atoms with van der Waals surface area (Å²) in [6.07, 6.45) is 1.67. The molecule has 3 N–H and O–H groups in total. The molecule has 1 heterocycles. The van der Waals surface area contributed by atoms with Gasteiger partial charge in [0.05, 0.1) is 12.3 Å². The van der Waals surface area contributed by atoms with E-state index in [0.717, 1.165) is 0 Å². The van der Waals surface area contributed by atoms with Crippen LogP contribution in [0.15, 0.2) is 12.4 Å². The number of nitrogens with zero attached hydrogens (tertiary/aromatic N) is 2. The normalized spacial score (nSPS) is 14.6. The van der Waals surface area contributed by atoms with Crippen molar-refractivity contribution in [2.24, 2.45) is 0 Å². The maximum atomic E-state index is 10.7. The van der Waals surface area contributed by atoms with Crippen LogP contribution in [0.4, 0.5) is 0 Å². The van der Waals surface area contributed by atoms with E-state index in [1.807, 2.05) is 13.8 Å². The van der Waals surface area contributed by atoms with Gasteiger partial charge in [-0.25, -0.2) is 0 Å². The Kier molecular flexibility index (Phi) is 5.30. The molecule has 0 aliphatic rings. The molecule has 1 amide bonds. The highest BCUT2D eigenvalue weighted by molar-refractivity contribution is 5.72. The van der Waals surface area contributed by atoms with Crippen LogP contribution in [-0.4, -0.2) is 38.5 Å². The summed E-state index contributed by atoms with van der Waals surface area (Å²) >= 11 is 0. The molecule has 2 unspecified atom stereocenters. The Morgan fingerprint density at radius 1 is 1.50 bits per heavy atom. The van der Waals surface area contributed by atoms with Gasteiger partial charge in [-0.3, -0.25) is 9.48 Å². The second-order valence-corrected chi connectivity index (χ2v) is 4.63. The first-order chi connectivity index (χ1) is 8.41. The molecule has 6 heteroatoms. The lowest BCUT2D eigenvalue weighted by molar-refractivity contribution is -0.119. The summed E-state index contributed by atoms with van der Waals surface area (Å²) in [7, 11) is 0. The summed E-state index contributed by atoms with van der Waals surface area (Å²) < 4.78 is 1.72. The lowest BCUT2D eigenvalue weighted by Crippen LogP contribution is -2.27. The summed E-state index contributed by atoms with van der Waals surface area (Å²) in [6.45, 7) is 5.72. The molecule has 0 fully saturated rings. The molecule has 1 aromatic heterocycles. The number of rotatable bonds is 6.